The summed E-state index contributed by atoms with van der Waals surface area (Å²) >= 11 is 0. The van der Waals surface area contributed by atoms with Gasteiger partial charge in [-0.15, -0.1) is 0 Å². The third-order valence-electron chi connectivity index (χ3n) is 2.86. The number of nitrogens with one attached hydrogen (secondary N) is 1. The van der Waals surface area contributed by atoms with E-state index in [-0.39, 0.29) is 6.04 Å². The molecule has 1 aliphatic rings. The molecule has 6 heteroatoms. The maximum absolute atomic E-state index is 11.9. The number of hydrogen-bond acceptors (Lipinski definition) is 4. The lowest BCUT2D eigenvalue weighted by molar-refractivity contribution is 0.135. The van der Waals surface area contributed by atoms with Gasteiger partial charge in [0.1, 0.15) is 0 Å². The van der Waals surface area contributed by atoms with Crippen molar-refractivity contribution in [2.75, 3.05) is 6.61 Å². The molecule has 0 unspecified atom stereocenters. The van der Waals surface area contributed by atoms with Crippen LogP contribution in [-0.4, -0.2) is 21.1 Å². The second kappa shape index (κ2) is 5.79. The molecule has 1 aromatic carbocycles. The van der Waals surface area contributed by atoms with Gasteiger partial charge in [0.25, 0.3) is 0 Å². The molecular weight excluding hydrogens is 252 g/mol. The number of benzene rings is 1. The van der Waals surface area contributed by atoms with Gasteiger partial charge in [-0.05, 0) is 43.4 Å². The number of nitrogens with two attached hydrogens (primary N) is 1. The van der Waals surface area contributed by atoms with E-state index in [4.69, 9.17) is 5.90 Å². The largest absolute Gasteiger partial charge is 0.305 e. The summed E-state index contributed by atoms with van der Waals surface area (Å²) in [5, 5.41) is 0. The average Bonchev–Trinajstić information content (AvgIpc) is 3.13. The van der Waals surface area contributed by atoms with Crippen LogP contribution in [0.4, 0.5) is 0 Å². The Morgan fingerprint density at radius 3 is 2.50 bits per heavy atom. The first-order valence-corrected chi connectivity index (χ1v) is 7.53. The highest BCUT2D eigenvalue weighted by Crippen LogP contribution is 2.22. The molecule has 0 radical (unpaired) electrons. The molecule has 0 amide bonds. The maximum atomic E-state index is 11.9. The zero-order chi connectivity index (χ0) is 13.0. The van der Waals surface area contributed by atoms with Gasteiger partial charge in [-0.25, -0.2) is 19.0 Å². The summed E-state index contributed by atoms with van der Waals surface area (Å²) in [6, 6.07) is 7.08. The minimum Gasteiger partial charge on any atom is -0.305 e. The van der Waals surface area contributed by atoms with Crippen LogP contribution in [0.2, 0.25) is 0 Å². The smallest absolute Gasteiger partial charge is 0.240 e. The van der Waals surface area contributed by atoms with Gasteiger partial charge in [0.05, 0.1) is 11.5 Å². The highest BCUT2D eigenvalue weighted by molar-refractivity contribution is 7.89. The van der Waals surface area contributed by atoms with E-state index in [1.807, 2.05) is 12.1 Å². The van der Waals surface area contributed by atoms with Crippen molar-refractivity contribution in [3.63, 3.8) is 0 Å². The first-order valence-electron chi connectivity index (χ1n) is 6.05. The summed E-state index contributed by atoms with van der Waals surface area (Å²) in [7, 11) is -3.33. The molecule has 0 aromatic heterocycles. The van der Waals surface area contributed by atoms with Crippen LogP contribution in [0.25, 0.3) is 0 Å². The monoisotopic (exact) mass is 270 g/mol. The highest BCUT2D eigenvalue weighted by atomic mass is 32.2. The van der Waals surface area contributed by atoms with Crippen molar-refractivity contribution in [3.8, 4) is 0 Å². The van der Waals surface area contributed by atoms with Crippen molar-refractivity contribution in [1.82, 2.24) is 4.72 Å². The van der Waals surface area contributed by atoms with Gasteiger partial charge >= 0.3 is 0 Å². The molecule has 1 saturated carbocycles. The normalized spacial score (nSPS) is 15.8. The van der Waals surface area contributed by atoms with E-state index in [9.17, 15) is 8.42 Å². The average molecular weight is 270 g/mol. The molecule has 100 valence electrons. The van der Waals surface area contributed by atoms with Crippen LogP contribution in [-0.2, 0) is 21.3 Å². The molecular formula is C12H18N2O3S. The molecule has 1 fully saturated rings. The molecule has 0 heterocycles. The fraction of sp³-hybridized carbons (Fsp3) is 0.500. The summed E-state index contributed by atoms with van der Waals surface area (Å²) in [4.78, 5) is 4.81. The molecule has 1 aromatic rings. The zero-order valence-electron chi connectivity index (χ0n) is 10.1. The molecule has 3 N–H and O–H groups in total. The first kappa shape index (κ1) is 13.5. The Morgan fingerprint density at radius 1 is 1.28 bits per heavy atom. The van der Waals surface area contributed by atoms with Crippen molar-refractivity contribution in [2.24, 2.45) is 5.90 Å². The molecule has 0 atom stereocenters. The summed E-state index contributed by atoms with van der Waals surface area (Å²) in [5.74, 6) is 4.94. The molecule has 18 heavy (non-hydrogen) atoms. The number of aryl methyl sites for hydroxylation is 1. The van der Waals surface area contributed by atoms with E-state index < -0.39 is 10.0 Å². The zero-order valence-corrected chi connectivity index (χ0v) is 10.9. The third kappa shape index (κ3) is 3.78. The Kier molecular flexibility index (Phi) is 4.34. The van der Waals surface area contributed by atoms with Crippen molar-refractivity contribution < 1.29 is 13.3 Å². The Bertz CT molecular complexity index is 481. The van der Waals surface area contributed by atoms with E-state index in [1.165, 1.54) is 0 Å². The van der Waals surface area contributed by atoms with Gasteiger partial charge in [-0.1, -0.05) is 12.1 Å². The van der Waals surface area contributed by atoms with E-state index in [0.29, 0.717) is 11.5 Å². The molecule has 0 spiro atoms. The standard InChI is InChI=1S/C12H18N2O3S/c13-17-9-1-2-10-3-7-12(8-4-10)18(15,16)14-11-5-6-11/h3-4,7-8,11,14H,1-2,5-6,9,13H2. The number of sulfonamides is 1. The topological polar surface area (TPSA) is 81.4 Å². The molecule has 1 aliphatic carbocycles. The van der Waals surface area contributed by atoms with Crippen LogP contribution in [0.1, 0.15) is 24.8 Å². The summed E-state index contributed by atoms with van der Waals surface area (Å²) in [5.41, 5.74) is 1.08. The van der Waals surface area contributed by atoms with E-state index in [2.05, 4.69) is 9.56 Å². The fourth-order valence-corrected chi connectivity index (χ4v) is 2.99. The van der Waals surface area contributed by atoms with Gasteiger partial charge in [0.15, 0.2) is 0 Å². The molecule has 5 nitrogen and oxygen atoms in total. The predicted octanol–water partition coefficient (Wildman–Crippen LogP) is 0.950. The Morgan fingerprint density at radius 2 is 1.94 bits per heavy atom. The van der Waals surface area contributed by atoms with Crippen LogP contribution < -0.4 is 10.6 Å². The Balaban J connectivity index is 1.97. The van der Waals surface area contributed by atoms with E-state index in [0.717, 1.165) is 31.2 Å². The summed E-state index contributed by atoms with van der Waals surface area (Å²) in [6.45, 7) is 0.503. The fourth-order valence-electron chi connectivity index (χ4n) is 1.68. The van der Waals surface area contributed by atoms with Gasteiger partial charge in [0, 0.05) is 6.04 Å². The molecule has 2 rings (SSSR count). The third-order valence-corrected chi connectivity index (χ3v) is 4.40. The lowest BCUT2D eigenvalue weighted by Crippen LogP contribution is -2.25. The Hall–Kier alpha value is -0.950. The SMILES string of the molecule is NOCCCc1ccc(S(=O)(=O)NC2CC2)cc1. The molecule has 0 saturated heterocycles. The van der Waals surface area contributed by atoms with Crippen LogP contribution in [0.5, 0.6) is 0 Å². The lowest BCUT2D eigenvalue weighted by atomic mass is 10.1. The summed E-state index contributed by atoms with van der Waals surface area (Å²) in [6.07, 6.45) is 3.53. The second-order valence-electron chi connectivity index (χ2n) is 4.51. The second-order valence-corrected chi connectivity index (χ2v) is 6.23. The van der Waals surface area contributed by atoms with Crippen molar-refractivity contribution >= 4 is 10.0 Å². The minimum absolute atomic E-state index is 0.136. The maximum Gasteiger partial charge on any atom is 0.240 e. The van der Waals surface area contributed by atoms with Crippen LogP contribution in [0, 0.1) is 0 Å². The van der Waals surface area contributed by atoms with E-state index >= 15 is 0 Å². The lowest BCUT2D eigenvalue weighted by Gasteiger charge is -2.06. The van der Waals surface area contributed by atoms with Gasteiger partial charge in [-0.3, -0.25) is 0 Å². The van der Waals surface area contributed by atoms with Gasteiger partial charge in [-0.2, -0.15) is 0 Å². The predicted molar refractivity (Wildman–Crippen MR) is 68.2 cm³/mol. The van der Waals surface area contributed by atoms with Crippen molar-refractivity contribution in [2.45, 2.75) is 36.6 Å². The number of hydrogen-bond donors (Lipinski definition) is 2. The number of rotatable bonds is 7. The Labute approximate surface area is 107 Å². The molecule has 0 bridgehead atoms. The summed E-state index contributed by atoms with van der Waals surface area (Å²) < 4.78 is 26.5. The van der Waals surface area contributed by atoms with E-state index in [1.54, 1.807) is 12.1 Å². The van der Waals surface area contributed by atoms with Gasteiger partial charge < -0.3 is 4.84 Å². The highest BCUT2D eigenvalue weighted by Gasteiger charge is 2.27. The minimum atomic E-state index is -3.33. The van der Waals surface area contributed by atoms with Crippen LogP contribution in [0.15, 0.2) is 29.2 Å². The van der Waals surface area contributed by atoms with Crippen molar-refractivity contribution in [1.29, 1.82) is 0 Å². The van der Waals surface area contributed by atoms with Crippen molar-refractivity contribution in [3.05, 3.63) is 29.8 Å². The molecule has 0 aliphatic heterocycles. The quantitative estimate of drug-likeness (QED) is 0.571. The van der Waals surface area contributed by atoms with Gasteiger partial charge in [0.2, 0.25) is 10.0 Å². The van der Waals surface area contributed by atoms with Crippen LogP contribution >= 0.6 is 0 Å². The van der Waals surface area contributed by atoms with Crippen LogP contribution in [0.3, 0.4) is 0 Å². The first-order chi connectivity index (χ1) is 8.62.